The van der Waals surface area contributed by atoms with Gasteiger partial charge in [0, 0.05) is 18.9 Å². The van der Waals surface area contributed by atoms with Gasteiger partial charge in [-0.1, -0.05) is 0 Å². The van der Waals surface area contributed by atoms with E-state index in [1.54, 1.807) is 16.7 Å². The molecule has 0 atom stereocenters. The molecule has 0 amide bonds. The van der Waals surface area contributed by atoms with Crippen LogP contribution in [0.25, 0.3) is 10.9 Å². The average Bonchev–Trinajstić information content (AvgIpc) is 3.26. The van der Waals surface area contributed by atoms with Crippen molar-refractivity contribution in [2.24, 2.45) is 0 Å². The molecule has 1 aromatic heterocycles. The van der Waals surface area contributed by atoms with E-state index in [0.29, 0.717) is 44.4 Å². The third kappa shape index (κ3) is 3.51. The molecule has 0 radical (unpaired) electrons. The van der Waals surface area contributed by atoms with Gasteiger partial charge in [-0.2, -0.15) is 5.26 Å². The summed E-state index contributed by atoms with van der Waals surface area (Å²) in [5.74, 6) is -2.72. The van der Waals surface area contributed by atoms with Gasteiger partial charge >= 0.3 is 0 Å². The average molecular weight is 439 g/mol. The second-order valence-corrected chi connectivity index (χ2v) is 7.92. The summed E-state index contributed by atoms with van der Waals surface area (Å²) in [6.07, 6.45) is 4.35. The Hall–Kier alpha value is -3.35. The largest absolute Gasteiger partial charge is 0.453 e. The number of halogens is 2. The fourth-order valence-corrected chi connectivity index (χ4v) is 4.40. The smallest absolute Gasteiger partial charge is 0.261 e. The van der Waals surface area contributed by atoms with Gasteiger partial charge in [-0.25, -0.2) is 13.8 Å². The number of benzene rings is 2. The van der Waals surface area contributed by atoms with E-state index in [1.165, 1.54) is 18.5 Å². The van der Waals surface area contributed by atoms with E-state index in [0.717, 1.165) is 12.1 Å². The van der Waals surface area contributed by atoms with Crippen molar-refractivity contribution in [2.45, 2.75) is 37.5 Å². The summed E-state index contributed by atoms with van der Waals surface area (Å²) in [5, 5.41) is 9.44. The maximum atomic E-state index is 14.2. The Morgan fingerprint density at radius 2 is 1.84 bits per heavy atom. The minimum absolute atomic E-state index is 0.0479. The fraction of sp³-hybridized carbons (Fsp3) is 0.348. The molecule has 1 spiro atoms. The summed E-state index contributed by atoms with van der Waals surface area (Å²) in [5.41, 5.74) is -0.343. The Balaban J connectivity index is 1.46. The van der Waals surface area contributed by atoms with Crippen LogP contribution in [0.2, 0.25) is 0 Å². The van der Waals surface area contributed by atoms with E-state index in [2.05, 4.69) is 4.98 Å². The lowest BCUT2D eigenvalue weighted by Crippen LogP contribution is -2.38. The molecule has 1 aliphatic heterocycles. The molecule has 0 N–H and O–H groups in total. The molecular formula is C23H19F2N3O4. The van der Waals surface area contributed by atoms with Crippen LogP contribution in [0.3, 0.4) is 0 Å². The zero-order valence-corrected chi connectivity index (χ0v) is 17.0. The third-order valence-corrected chi connectivity index (χ3v) is 6.07. The number of nitrogens with zero attached hydrogens (tertiary/aromatic N) is 3. The first kappa shape index (κ1) is 20.5. The van der Waals surface area contributed by atoms with Crippen molar-refractivity contribution < 1.29 is 23.0 Å². The molecular weight excluding hydrogens is 420 g/mol. The molecule has 7 nitrogen and oxygen atoms in total. The third-order valence-electron chi connectivity index (χ3n) is 6.07. The monoisotopic (exact) mass is 439 g/mol. The Morgan fingerprint density at radius 1 is 1.12 bits per heavy atom. The Kier molecular flexibility index (Phi) is 5.12. The highest BCUT2D eigenvalue weighted by atomic mass is 19.1. The van der Waals surface area contributed by atoms with E-state index in [9.17, 15) is 13.6 Å². The molecule has 2 aliphatic rings. The highest BCUT2D eigenvalue weighted by Crippen LogP contribution is 2.40. The SMILES string of the molecule is N#Cc1c(F)ccc(F)c1Oc1ccc2ncn(C3CCC4(CC3)OCCO4)c(=O)c2c1. The second-order valence-electron chi connectivity index (χ2n) is 7.92. The van der Waals surface area contributed by atoms with Crippen LogP contribution in [0, 0.1) is 23.0 Å². The number of ether oxygens (including phenoxy) is 3. The van der Waals surface area contributed by atoms with Crippen LogP contribution in [0.15, 0.2) is 41.5 Å². The number of nitriles is 1. The molecule has 9 heteroatoms. The molecule has 5 rings (SSSR count). The predicted octanol–water partition coefficient (Wildman–Crippen LogP) is 4.20. The van der Waals surface area contributed by atoms with Crippen molar-refractivity contribution in [3.63, 3.8) is 0 Å². The van der Waals surface area contributed by atoms with Gasteiger partial charge in [-0.15, -0.1) is 0 Å². The molecule has 32 heavy (non-hydrogen) atoms. The van der Waals surface area contributed by atoms with E-state index >= 15 is 0 Å². The minimum Gasteiger partial charge on any atom is -0.453 e. The van der Waals surface area contributed by atoms with Crippen LogP contribution in [0.5, 0.6) is 11.5 Å². The predicted molar refractivity (Wildman–Crippen MR) is 109 cm³/mol. The summed E-state index contributed by atoms with van der Waals surface area (Å²) in [4.78, 5) is 17.6. The lowest BCUT2D eigenvalue weighted by atomic mass is 9.90. The number of hydrogen-bond donors (Lipinski definition) is 0. The summed E-state index contributed by atoms with van der Waals surface area (Å²) in [6, 6.07) is 7.79. The normalized spacial score (nSPS) is 18.2. The van der Waals surface area contributed by atoms with Crippen molar-refractivity contribution in [2.75, 3.05) is 13.2 Å². The van der Waals surface area contributed by atoms with Gasteiger partial charge in [-0.3, -0.25) is 9.36 Å². The molecule has 1 aliphatic carbocycles. The molecule has 1 saturated carbocycles. The van der Waals surface area contributed by atoms with Crippen LogP contribution in [-0.2, 0) is 9.47 Å². The van der Waals surface area contributed by atoms with Gasteiger partial charge in [0.1, 0.15) is 23.2 Å². The quantitative estimate of drug-likeness (QED) is 0.608. The standard InChI is InChI=1S/C23H19F2N3O4/c24-18-2-3-19(25)21(17(18)12-26)32-15-1-4-20-16(11-15)22(29)28(13-27-20)14-5-7-23(8-6-14)30-9-10-31-23/h1-4,11,13-14H,5-10H2. The van der Waals surface area contributed by atoms with Crippen LogP contribution in [0.4, 0.5) is 8.78 Å². The van der Waals surface area contributed by atoms with Gasteiger partial charge in [0.2, 0.25) is 0 Å². The van der Waals surface area contributed by atoms with Gasteiger partial charge in [-0.05, 0) is 43.2 Å². The fourth-order valence-electron chi connectivity index (χ4n) is 4.40. The van der Waals surface area contributed by atoms with Crippen LogP contribution >= 0.6 is 0 Å². The van der Waals surface area contributed by atoms with Crippen LogP contribution in [0.1, 0.15) is 37.3 Å². The van der Waals surface area contributed by atoms with Gasteiger partial charge in [0.05, 0.1) is 30.4 Å². The van der Waals surface area contributed by atoms with Crippen LogP contribution in [-0.4, -0.2) is 28.6 Å². The van der Waals surface area contributed by atoms with E-state index in [1.807, 2.05) is 0 Å². The minimum atomic E-state index is -0.890. The maximum Gasteiger partial charge on any atom is 0.261 e. The summed E-state index contributed by atoms with van der Waals surface area (Å²) >= 11 is 0. The Morgan fingerprint density at radius 3 is 2.56 bits per heavy atom. The molecule has 2 aromatic carbocycles. The van der Waals surface area contributed by atoms with E-state index in [-0.39, 0.29) is 22.7 Å². The van der Waals surface area contributed by atoms with Crippen LogP contribution < -0.4 is 10.3 Å². The van der Waals surface area contributed by atoms with Crippen molar-refractivity contribution in [1.82, 2.24) is 9.55 Å². The van der Waals surface area contributed by atoms with E-state index < -0.39 is 28.7 Å². The molecule has 2 fully saturated rings. The van der Waals surface area contributed by atoms with Crippen molar-refractivity contribution in [3.8, 4) is 17.6 Å². The summed E-state index contributed by atoms with van der Waals surface area (Å²) < 4.78 is 46.6. The molecule has 0 unspecified atom stereocenters. The number of aromatic nitrogens is 2. The first-order valence-electron chi connectivity index (χ1n) is 10.3. The Bertz CT molecular complexity index is 1280. The topological polar surface area (TPSA) is 86.4 Å². The van der Waals surface area contributed by atoms with Gasteiger partial charge in [0.25, 0.3) is 5.56 Å². The summed E-state index contributed by atoms with van der Waals surface area (Å²) in [6.45, 7) is 1.18. The van der Waals surface area contributed by atoms with Crippen molar-refractivity contribution >= 4 is 10.9 Å². The first-order valence-corrected chi connectivity index (χ1v) is 10.3. The van der Waals surface area contributed by atoms with Crippen molar-refractivity contribution in [1.29, 1.82) is 5.26 Å². The highest BCUT2D eigenvalue weighted by Gasteiger charge is 2.40. The zero-order valence-electron chi connectivity index (χ0n) is 17.0. The molecule has 2 heterocycles. The second kappa shape index (κ2) is 7.97. The lowest BCUT2D eigenvalue weighted by Gasteiger charge is -2.35. The molecule has 3 aromatic rings. The number of hydrogen-bond acceptors (Lipinski definition) is 6. The molecule has 164 valence electrons. The number of rotatable bonds is 3. The summed E-state index contributed by atoms with van der Waals surface area (Å²) in [7, 11) is 0. The lowest BCUT2D eigenvalue weighted by molar-refractivity contribution is -0.181. The van der Waals surface area contributed by atoms with Gasteiger partial charge < -0.3 is 14.2 Å². The molecule has 0 bridgehead atoms. The van der Waals surface area contributed by atoms with E-state index in [4.69, 9.17) is 19.5 Å². The first-order chi connectivity index (χ1) is 15.5. The maximum absolute atomic E-state index is 14.2. The van der Waals surface area contributed by atoms with Crippen molar-refractivity contribution in [3.05, 3.63) is 64.2 Å². The van der Waals surface area contributed by atoms with Gasteiger partial charge in [0.15, 0.2) is 17.4 Å². The zero-order chi connectivity index (χ0) is 22.3. The highest BCUT2D eigenvalue weighted by molar-refractivity contribution is 5.79. The number of fused-ring (bicyclic) bond motifs is 1. The Labute approximate surface area is 181 Å². The molecule has 1 saturated heterocycles.